The summed E-state index contributed by atoms with van der Waals surface area (Å²) in [5, 5.41) is 3.40. The van der Waals surface area contributed by atoms with Gasteiger partial charge in [-0.25, -0.2) is 0 Å². The van der Waals surface area contributed by atoms with Gasteiger partial charge < -0.3 is 5.32 Å². The number of anilines is 1. The van der Waals surface area contributed by atoms with Crippen LogP contribution < -0.4 is 5.32 Å². The zero-order valence-corrected chi connectivity index (χ0v) is 28.3. The van der Waals surface area contributed by atoms with Crippen molar-refractivity contribution in [2.24, 2.45) is 33.2 Å². The van der Waals surface area contributed by atoms with Crippen LogP contribution in [-0.2, 0) is 4.79 Å². The van der Waals surface area contributed by atoms with Gasteiger partial charge in [-0.3, -0.25) is 24.7 Å². The maximum Gasteiger partial charge on any atom is 0.230 e. The highest BCUT2D eigenvalue weighted by Crippen LogP contribution is 2.60. The van der Waals surface area contributed by atoms with Crippen LogP contribution in [-0.4, -0.2) is 28.3 Å². The number of carbonyl (C=O) groups is 1. The Balaban J connectivity index is 1.06. The molecule has 2 aromatic heterocycles. The number of aliphatic imine (C=N–C) groups is 2. The summed E-state index contributed by atoms with van der Waals surface area (Å²) in [4.78, 5) is 31.9. The van der Waals surface area contributed by atoms with Gasteiger partial charge >= 0.3 is 0 Å². The minimum atomic E-state index is -0.294. The molecule has 4 aliphatic rings. The van der Waals surface area contributed by atoms with E-state index in [9.17, 15) is 4.79 Å². The number of benzene rings is 3. The van der Waals surface area contributed by atoms with E-state index in [2.05, 4.69) is 49.0 Å². The largest absolute Gasteiger partial charge is 0.323 e. The van der Waals surface area contributed by atoms with Crippen molar-refractivity contribution in [2.75, 3.05) is 5.32 Å². The van der Waals surface area contributed by atoms with E-state index in [0.29, 0.717) is 23.4 Å². The van der Waals surface area contributed by atoms with Crippen molar-refractivity contribution in [3.8, 4) is 23.7 Å². The van der Waals surface area contributed by atoms with E-state index in [1.807, 2.05) is 103 Å². The number of nitrogens with one attached hydrogen (secondary N) is 1. The fourth-order valence-corrected chi connectivity index (χ4v) is 8.26. The lowest BCUT2D eigenvalue weighted by molar-refractivity contribution is -0.140. The maximum atomic E-state index is 14.3. The highest BCUT2D eigenvalue weighted by atomic mass is 16.2. The highest BCUT2D eigenvalue weighted by molar-refractivity contribution is 5.98. The first-order valence-corrected chi connectivity index (χ1v) is 17.7. The summed E-state index contributed by atoms with van der Waals surface area (Å²) in [7, 11) is 0. The molecule has 6 heteroatoms. The van der Waals surface area contributed by atoms with E-state index in [-0.39, 0.29) is 11.3 Å². The van der Waals surface area contributed by atoms with Gasteiger partial charge in [0, 0.05) is 34.6 Å². The summed E-state index contributed by atoms with van der Waals surface area (Å²) in [6.45, 7) is 0. The van der Waals surface area contributed by atoms with E-state index in [4.69, 9.17) is 0 Å². The maximum absolute atomic E-state index is 14.3. The quantitative estimate of drug-likeness (QED) is 0.146. The summed E-state index contributed by atoms with van der Waals surface area (Å²) < 4.78 is 0. The summed E-state index contributed by atoms with van der Waals surface area (Å²) in [6.07, 6.45) is 13.8. The first kappa shape index (κ1) is 32.1. The lowest BCUT2D eigenvalue weighted by Crippen LogP contribution is -2.51. The Labute approximate surface area is 299 Å². The molecule has 4 fully saturated rings. The average Bonchev–Trinajstić information content (AvgIpc) is 3.16. The predicted molar refractivity (Wildman–Crippen MR) is 204 cm³/mol. The Bertz CT molecular complexity index is 2050. The Morgan fingerprint density at radius 1 is 0.608 bits per heavy atom. The summed E-state index contributed by atoms with van der Waals surface area (Å²) in [5.74, 6) is 15.5. The average molecular weight is 664 g/mol. The molecule has 51 heavy (non-hydrogen) atoms. The second kappa shape index (κ2) is 14.4. The van der Waals surface area contributed by atoms with Gasteiger partial charge in [-0.2, -0.15) is 0 Å². The summed E-state index contributed by atoms with van der Waals surface area (Å²) in [6, 6.07) is 33.0. The molecule has 1 N–H and O–H groups in total. The highest BCUT2D eigenvalue weighted by Gasteiger charge is 2.54. The normalized spacial score (nSPS) is 21.5. The summed E-state index contributed by atoms with van der Waals surface area (Å²) >= 11 is 0. The first-order valence-electron chi connectivity index (χ1n) is 17.7. The number of carbonyl (C=O) groups excluding carboxylic acids is 1. The number of amides is 1. The van der Waals surface area contributed by atoms with Crippen molar-refractivity contribution < 1.29 is 4.79 Å². The van der Waals surface area contributed by atoms with E-state index in [1.54, 1.807) is 24.8 Å². The van der Waals surface area contributed by atoms with Gasteiger partial charge in [-0.05, 0) is 141 Å². The van der Waals surface area contributed by atoms with Crippen LogP contribution in [0.25, 0.3) is 0 Å². The third-order valence-corrected chi connectivity index (χ3v) is 10.3. The van der Waals surface area contributed by atoms with Gasteiger partial charge in [-0.1, -0.05) is 41.9 Å². The molecule has 3 aromatic carbocycles. The zero-order valence-electron chi connectivity index (χ0n) is 28.3. The Morgan fingerprint density at radius 2 is 1.08 bits per heavy atom. The van der Waals surface area contributed by atoms with Crippen LogP contribution >= 0.6 is 0 Å². The lowest BCUT2D eigenvalue weighted by atomic mass is 9.49. The molecule has 4 saturated carbocycles. The second-order valence-electron chi connectivity index (χ2n) is 14.0. The molecular weight excluding hydrogens is 627 g/mol. The predicted octanol–water partition coefficient (Wildman–Crippen LogP) is 8.93. The number of nitrogens with zero attached hydrogens (tertiary/aromatic N) is 4. The third-order valence-electron chi connectivity index (χ3n) is 10.3. The van der Waals surface area contributed by atoms with Gasteiger partial charge in [0.05, 0.1) is 46.3 Å². The van der Waals surface area contributed by atoms with Crippen molar-refractivity contribution in [1.82, 2.24) is 9.97 Å². The molecule has 6 nitrogen and oxygen atoms in total. The second-order valence-corrected chi connectivity index (χ2v) is 14.0. The molecule has 4 aliphatic carbocycles. The van der Waals surface area contributed by atoms with Gasteiger partial charge in [0.1, 0.15) is 0 Å². The van der Waals surface area contributed by atoms with Crippen molar-refractivity contribution in [3.63, 3.8) is 0 Å². The van der Waals surface area contributed by atoms with Gasteiger partial charge in [-0.15, -0.1) is 0 Å². The zero-order chi connectivity index (χ0) is 34.5. The van der Waals surface area contributed by atoms with E-state index < -0.39 is 0 Å². The molecule has 0 radical (unpaired) electrons. The van der Waals surface area contributed by atoms with Crippen molar-refractivity contribution >= 4 is 35.4 Å². The molecule has 9 rings (SSSR count). The molecule has 0 saturated heterocycles. The fourth-order valence-electron chi connectivity index (χ4n) is 8.26. The van der Waals surface area contributed by atoms with Gasteiger partial charge in [0.25, 0.3) is 0 Å². The standard InChI is InChI=1S/C45H37N5O/c51-44(45-27-34-24-35(28-45)26-36(25-34)29-45)50-43-37(16-10-32-12-18-39(19-13-32)48-30-41-8-1-3-22-46-41)6-5-7-38(43)17-11-33-14-20-40(21-15-33)49-31-42-9-2-4-23-47-42/h1-9,12-15,18-23,30-31,34-36H,24-29H2,(H,50,51). The lowest BCUT2D eigenvalue weighted by Gasteiger charge is -2.55. The van der Waals surface area contributed by atoms with E-state index in [1.165, 1.54) is 19.3 Å². The minimum Gasteiger partial charge on any atom is -0.323 e. The molecule has 0 spiro atoms. The van der Waals surface area contributed by atoms with Crippen LogP contribution in [0.2, 0.25) is 0 Å². The molecule has 2 heterocycles. The van der Waals surface area contributed by atoms with Crippen molar-refractivity contribution in [3.05, 3.63) is 149 Å². The number of para-hydroxylation sites is 1. The smallest absolute Gasteiger partial charge is 0.230 e. The summed E-state index contributed by atoms with van der Waals surface area (Å²) in [5.41, 5.74) is 6.83. The number of hydrogen-bond acceptors (Lipinski definition) is 5. The molecule has 248 valence electrons. The first-order chi connectivity index (χ1) is 25.1. The fraction of sp³-hybridized carbons (Fsp3) is 0.222. The molecule has 0 aliphatic heterocycles. The number of hydrogen-bond donors (Lipinski definition) is 1. The number of rotatable bonds is 6. The topological polar surface area (TPSA) is 79.6 Å². The number of aromatic nitrogens is 2. The number of pyridine rings is 2. The Kier molecular flexibility index (Phi) is 9.07. The third kappa shape index (κ3) is 7.57. The van der Waals surface area contributed by atoms with E-state index >= 15 is 0 Å². The van der Waals surface area contributed by atoms with Crippen molar-refractivity contribution in [1.29, 1.82) is 0 Å². The molecule has 4 bridgehead atoms. The van der Waals surface area contributed by atoms with Crippen LogP contribution in [0.3, 0.4) is 0 Å². The van der Waals surface area contributed by atoms with Crippen molar-refractivity contribution in [2.45, 2.75) is 38.5 Å². The van der Waals surface area contributed by atoms with Gasteiger partial charge in [0.15, 0.2) is 0 Å². The van der Waals surface area contributed by atoms with Crippen LogP contribution in [0.1, 0.15) is 72.2 Å². The molecular formula is C45H37N5O. The minimum absolute atomic E-state index is 0.129. The van der Waals surface area contributed by atoms with Crippen LogP contribution in [0, 0.1) is 46.9 Å². The van der Waals surface area contributed by atoms with Crippen LogP contribution in [0.5, 0.6) is 0 Å². The van der Waals surface area contributed by atoms with Crippen LogP contribution in [0.15, 0.2) is 126 Å². The van der Waals surface area contributed by atoms with Gasteiger partial charge in [0.2, 0.25) is 5.91 Å². The van der Waals surface area contributed by atoms with Crippen LogP contribution in [0.4, 0.5) is 17.1 Å². The SMILES string of the molecule is O=C(Nc1c(C#Cc2ccc(N=Cc3ccccn3)cc2)cccc1C#Cc1ccc(N=Cc2ccccn2)cc1)C12CC3CC(CC(C3)C1)C2. The Hall–Kier alpha value is -6.11. The monoisotopic (exact) mass is 663 g/mol. The molecule has 5 aromatic rings. The Morgan fingerprint density at radius 3 is 1.51 bits per heavy atom. The molecule has 0 unspecified atom stereocenters. The molecule has 1 amide bonds. The molecule has 0 atom stereocenters. The van der Waals surface area contributed by atoms with E-state index in [0.717, 1.165) is 64.3 Å².